The molecule has 2 unspecified atom stereocenters. The molecule has 0 aromatic carbocycles. The van der Waals surface area contributed by atoms with E-state index in [1.54, 1.807) is 34.6 Å². The highest BCUT2D eigenvalue weighted by Gasteiger charge is 2.50. The molecule has 4 amide bonds. The van der Waals surface area contributed by atoms with E-state index in [2.05, 4.69) is 16.0 Å². The lowest BCUT2D eigenvalue weighted by Gasteiger charge is -2.37. The van der Waals surface area contributed by atoms with Crippen LogP contribution in [-0.4, -0.2) is 76.2 Å². The molecule has 2 fully saturated rings. The number of rotatable bonds is 10. The zero-order chi connectivity index (χ0) is 27.6. The predicted molar refractivity (Wildman–Crippen MR) is 126 cm³/mol. The van der Waals surface area contributed by atoms with Gasteiger partial charge in [0.15, 0.2) is 0 Å². The third-order valence-electron chi connectivity index (χ3n) is 6.60. The van der Waals surface area contributed by atoms with Crippen LogP contribution in [0.25, 0.3) is 0 Å². The van der Waals surface area contributed by atoms with Gasteiger partial charge in [0.05, 0.1) is 6.04 Å². The van der Waals surface area contributed by atoms with E-state index in [1.807, 2.05) is 0 Å². The van der Waals surface area contributed by atoms with Crippen LogP contribution in [0.4, 0.5) is 13.6 Å². The first-order valence-corrected chi connectivity index (χ1v) is 12.2. The molecule has 3 atom stereocenters. The van der Waals surface area contributed by atoms with E-state index in [1.165, 1.54) is 4.90 Å². The Morgan fingerprint density at radius 3 is 2.11 bits per heavy atom. The van der Waals surface area contributed by atoms with Crippen LogP contribution in [0.1, 0.15) is 73.6 Å². The summed E-state index contributed by atoms with van der Waals surface area (Å²) >= 11 is 0. The first-order valence-electron chi connectivity index (χ1n) is 12.2. The summed E-state index contributed by atoms with van der Waals surface area (Å²) in [6.45, 7) is 9.38. The van der Waals surface area contributed by atoms with Gasteiger partial charge in [0.25, 0.3) is 5.91 Å². The number of nitrogens with zero attached hydrogens (tertiary/aromatic N) is 1. The Labute approximate surface area is 209 Å². The molecule has 0 bridgehead atoms. The van der Waals surface area contributed by atoms with Gasteiger partial charge < -0.3 is 26.0 Å². The van der Waals surface area contributed by atoms with Crippen LogP contribution < -0.4 is 16.0 Å². The van der Waals surface area contributed by atoms with Crippen molar-refractivity contribution in [3.63, 3.8) is 0 Å². The van der Waals surface area contributed by atoms with Gasteiger partial charge in [-0.1, -0.05) is 34.6 Å². The number of Topliss-reactive ketones (excluding diaryl/α,β-unsaturated/α-hetero) is 1. The number of halogens is 2. The molecule has 36 heavy (non-hydrogen) atoms. The highest BCUT2D eigenvalue weighted by atomic mass is 19.3. The van der Waals surface area contributed by atoms with E-state index in [0.717, 1.165) is 12.8 Å². The molecule has 1 heterocycles. The molecule has 0 aromatic rings. The molecule has 4 N–H and O–H groups in total. The Morgan fingerprint density at radius 1 is 1.06 bits per heavy atom. The summed E-state index contributed by atoms with van der Waals surface area (Å²) in [4.78, 5) is 64.6. The molecule has 12 heteroatoms. The zero-order valence-corrected chi connectivity index (χ0v) is 21.7. The Bertz CT molecular complexity index is 892. The van der Waals surface area contributed by atoms with Gasteiger partial charge in [-0.15, -0.1) is 0 Å². The molecule has 204 valence electrons. The van der Waals surface area contributed by atoms with E-state index in [9.17, 15) is 37.9 Å². The van der Waals surface area contributed by atoms with Gasteiger partial charge in [0.2, 0.25) is 23.5 Å². The standard InChI is InChI=1S/C24H38F2N4O6/c1-22(2,3)16(29-21(35)36)20(34)30-12-11-23(4,5)17(30)19(33)28-14(9-10-24(6,25)26)15(31)18(32)27-13-7-8-13/h13-14,16-17,29H,7-12H2,1-6H3,(H,27,32)(H,28,33)(H,35,36)/t14?,16?,17-/m0/s1. The number of hydrogen-bond donors (Lipinski definition) is 4. The van der Waals surface area contributed by atoms with Crippen LogP contribution in [0.2, 0.25) is 0 Å². The van der Waals surface area contributed by atoms with Crippen LogP contribution in [0, 0.1) is 10.8 Å². The molecular formula is C24H38F2N4O6. The number of nitrogens with one attached hydrogen (secondary N) is 3. The average Bonchev–Trinajstić information content (AvgIpc) is 3.47. The van der Waals surface area contributed by atoms with Crippen molar-refractivity contribution < 1.29 is 37.9 Å². The third kappa shape index (κ3) is 7.86. The van der Waals surface area contributed by atoms with Crippen molar-refractivity contribution in [3.05, 3.63) is 0 Å². The molecule has 1 saturated carbocycles. The first-order chi connectivity index (χ1) is 16.3. The molecule has 1 aliphatic carbocycles. The van der Waals surface area contributed by atoms with Gasteiger partial charge in [-0.2, -0.15) is 0 Å². The van der Waals surface area contributed by atoms with E-state index < -0.39 is 77.3 Å². The second-order valence-corrected chi connectivity index (χ2v) is 11.7. The first kappa shape index (κ1) is 29.4. The van der Waals surface area contributed by atoms with Gasteiger partial charge in [-0.05, 0) is 43.4 Å². The molecule has 0 radical (unpaired) electrons. The van der Waals surface area contributed by atoms with Gasteiger partial charge in [-0.25, -0.2) is 13.6 Å². The minimum atomic E-state index is -3.12. The van der Waals surface area contributed by atoms with Crippen molar-refractivity contribution in [2.45, 2.75) is 104 Å². The smallest absolute Gasteiger partial charge is 0.405 e. The van der Waals surface area contributed by atoms with Crippen molar-refractivity contribution in [3.8, 4) is 0 Å². The number of hydrogen-bond acceptors (Lipinski definition) is 5. The Balaban J connectivity index is 2.29. The third-order valence-corrected chi connectivity index (χ3v) is 6.60. The van der Waals surface area contributed by atoms with Crippen LogP contribution in [-0.2, 0) is 19.2 Å². The summed E-state index contributed by atoms with van der Waals surface area (Å²) < 4.78 is 27.1. The number of amides is 4. The maximum absolute atomic E-state index is 13.6. The number of carboxylic acid groups (broad SMARTS) is 1. The summed E-state index contributed by atoms with van der Waals surface area (Å²) in [6, 6.07) is -3.89. The van der Waals surface area contributed by atoms with E-state index in [4.69, 9.17) is 0 Å². The van der Waals surface area contributed by atoms with Crippen molar-refractivity contribution in [2.24, 2.45) is 10.8 Å². The van der Waals surface area contributed by atoms with E-state index in [-0.39, 0.29) is 12.6 Å². The van der Waals surface area contributed by atoms with Gasteiger partial charge in [-0.3, -0.25) is 19.2 Å². The van der Waals surface area contributed by atoms with Crippen molar-refractivity contribution in [1.29, 1.82) is 0 Å². The minimum absolute atomic E-state index is 0.136. The Morgan fingerprint density at radius 2 is 1.64 bits per heavy atom. The van der Waals surface area contributed by atoms with Crippen LogP contribution >= 0.6 is 0 Å². The molecule has 1 aliphatic heterocycles. The summed E-state index contributed by atoms with van der Waals surface area (Å²) in [5.41, 5.74) is -1.57. The average molecular weight is 517 g/mol. The molecule has 2 rings (SSSR count). The lowest BCUT2D eigenvalue weighted by molar-refractivity contribution is -0.145. The van der Waals surface area contributed by atoms with Crippen LogP contribution in [0.3, 0.4) is 0 Å². The topological polar surface area (TPSA) is 145 Å². The normalized spacial score (nSPS) is 21.3. The number of carbonyl (C=O) groups is 5. The maximum Gasteiger partial charge on any atom is 0.405 e. The zero-order valence-electron chi connectivity index (χ0n) is 21.7. The van der Waals surface area contributed by atoms with Crippen molar-refractivity contribution in [2.75, 3.05) is 6.54 Å². The van der Waals surface area contributed by atoms with E-state index >= 15 is 0 Å². The lowest BCUT2D eigenvalue weighted by atomic mass is 9.82. The Kier molecular flexibility index (Phi) is 8.73. The number of likely N-dealkylation sites (tertiary alicyclic amines) is 1. The second-order valence-electron chi connectivity index (χ2n) is 11.7. The largest absolute Gasteiger partial charge is 0.465 e. The quantitative estimate of drug-likeness (QED) is 0.327. The van der Waals surface area contributed by atoms with Gasteiger partial charge >= 0.3 is 6.09 Å². The van der Waals surface area contributed by atoms with Gasteiger partial charge in [0.1, 0.15) is 12.1 Å². The monoisotopic (exact) mass is 516 g/mol. The minimum Gasteiger partial charge on any atom is -0.465 e. The molecule has 2 aliphatic rings. The molecule has 1 saturated heterocycles. The summed E-state index contributed by atoms with van der Waals surface area (Å²) in [6.07, 6.45) is -0.736. The lowest BCUT2D eigenvalue weighted by Crippen LogP contribution is -2.60. The SMILES string of the molecule is CC(F)(F)CCC(NC(=O)[C@@H]1N(C(=O)C(NC(=O)O)C(C)(C)C)CCC1(C)C)C(=O)C(=O)NC1CC1. The molecular weight excluding hydrogens is 478 g/mol. The van der Waals surface area contributed by atoms with Crippen molar-refractivity contribution in [1.82, 2.24) is 20.9 Å². The van der Waals surface area contributed by atoms with Gasteiger partial charge in [0, 0.05) is 19.0 Å². The molecule has 0 aromatic heterocycles. The highest BCUT2D eigenvalue weighted by Crippen LogP contribution is 2.38. The van der Waals surface area contributed by atoms with Crippen LogP contribution in [0.15, 0.2) is 0 Å². The predicted octanol–water partition coefficient (Wildman–Crippen LogP) is 2.06. The number of carbonyl (C=O) groups excluding carboxylic acids is 4. The molecule has 10 nitrogen and oxygen atoms in total. The Hall–Kier alpha value is -2.79. The summed E-state index contributed by atoms with van der Waals surface area (Å²) in [7, 11) is 0. The fraction of sp³-hybridized carbons (Fsp3) is 0.792. The fourth-order valence-electron chi connectivity index (χ4n) is 4.33. The molecule has 0 spiro atoms. The highest BCUT2D eigenvalue weighted by molar-refractivity contribution is 6.38. The number of alkyl halides is 2. The number of ketones is 1. The summed E-state index contributed by atoms with van der Waals surface area (Å²) in [5, 5.41) is 16.4. The fourth-order valence-corrected chi connectivity index (χ4v) is 4.33. The van der Waals surface area contributed by atoms with Crippen molar-refractivity contribution >= 4 is 29.6 Å². The maximum atomic E-state index is 13.6. The van der Waals surface area contributed by atoms with Crippen LogP contribution in [0.5, 0.6) is 0 Å². The van der Waals surface area contributed by atoms with E-state index in [0.29, 0.717) is 13.3 Å². The second kappa shape index (κ2) is 10.7. The summed E-state index contributed by atoms with van der Waals surface area (Å²) in [5.74, 6) is -6.45.